The zero-order chi connectivity index (χ0) is 15.2. The van der Waals surface area contributed by atoms with Gasteiger partial charge in [-0.3, -0.25) is 0 Å². The summed E-state index contributed by atoms with van der Waals surface area (Å²) in [5.41, 5.74) is 6.67. The van der Waals surface area contributed by atoms with Crippen LogP contribution in [0.4, 0.5) is 11.4 Å². The first kappa shape index (κ1) is 16.7. The highest BCUT2D eigenvalue weighted by atomic mass is 32.2. The third-order valence-corrected chi connectivity index (χ3v) is 3.79. The number of nitrogen functional groups attached to an aromatic ring is 1. The van der Waals surface area contributed by atoms with E-state index in [-0.39, 0.29) is 10.6 Å². The number of primary sulfonamides is 1. The molecule has 0 spiro atoms. The zero-order valence-electron chi connectivity index (χ0n) is 11.7. The molecule has 0 heterocycles. The highest BCUT2D eigenvalue weighted by Gasteiger charge is 2.18. The van der Waals surface area contributed by atoms with Crippen LogP contribution >= 0.6 is 0 Å². The van der Waals surface area contributed by atoms with E-state index >= 15 is 0 Å². The smallest absolute Gasteiger partial charge is 0.240 e. The Bertz CT molecular complexity index is 526. The average Bonchev–Trinajstić information content (AvgIpc) is 2.38. The van der Waals surface area contributed by atoms with E-state index in [4.69, 9.17) is 20.3 Å². The fraction of sp³-hybridized carbons (Fsp3) is 0.500. The van der Waals surface area contributed by atoms with Crippen LogP contribution in [0.2, 0.25) is 0 Å². The number of rotatable bonds is 8. The van der Waals surface area contributed by atoms with Crippen molar-refractivity contribution in [2.45, 2.75) is 4.90 Å². The molecule has 0 amide bonds. The van der Waals surface area contributed by atoms with Crippen molar-refractivity contribution in [3.8, 4) is 0 Å². The van der Waals surface area contributed by atoms with Crippen LogP contribution in [0.1, 0.15) is 0 Å². The Hall–Kier alpha value is -1.35. The van der Waals surface area contributed by atoms with Crippen molar-refractivity contribution >= 4 is 21.4 Å². The molecule has 1 aromatic carbocycles. The largest absolute Gasteiger partial charge is 0.396 e. The minimum Gasteiger partial charge on any atom is -0.396 e. The van der Waals surface area contributed by atoms with Gasteiger partial charge in [-0.1, -0.05) is 6.07 Å². The molecule has 0 saturated carbocycles. The van der Waals surface area contributed by atoms with Crippen molar-refractivity contribution in [2.75, 3.05) is 51.2 Å². The molecule has 0 bridgehead atoms. The summed E-state index contributed by atoms with van der Waals surface area (Å²) in [6.45, 7) is 2.11. The van der Waals surface area contributed by atoms with E-state index in [9.17, 15) is 8.42 Å². The Balaban J connectivity index is 3.12. The zero-order valence-corrected chi connectivity index (χ0v) is 12.5. The van der Waals surface area contributed by atoms with Gasteiger partial charge in [0.2, 0.25) is 10.0 Å². The fourth-order valence-corrected chi connectivity index (χ4v) is 2.49. The normalized spacial score (nSPS) is 11.6. The van der Waals surface area contributed by atoms with Gasteiger partial charge in [-0.25, -0.2) is 13.6 Å². The Morgan fingerprint density at radius 3 is 2.15 bits per heavy atom. The number of hydrogen-bond acceptors (Lipinski definition) is 6. The fourth-order valence-electron chi connectivity index (χ4n) is 1.81. The van der Waals surface area contributed by atoms with Crippen molar-refractivity contribution in [1.82, 2.24) is 0 Å². The topological polar surface area (TPSA) is 108 Å². The Morgan fingerprint density at radius 1 is 1.15 bits per heavy atom. The minimum atomic E-state index is -3.84. The molecule has 0 aliphatic carbocycles. The molecule has 0 saturated heterocycles. The molecule has 0 atom stereocenters. The van der Waals surface area contributed by atoms with E-state index in [2.05, 4.69) is 0 Å². The third-order valence-electron chi connectivity index (χ3n) is 2.82. The maximum Gasteiger partial charge on any atom is 0.240 e. The van der Waals surface area contributed by atoms with Gasteiger partial charge in [-0.2, -0.15) is 0 Å². The lowest BCUT2D eigenvalue weighted by Gasteiger charge is -2.26. The number of sulfonamides is 1. The Kier molecular flexibility index (Phi) is 6.21. The van der Waals surface area contributed by atoms with Crippen molar-refractivity contribution in [2.24, 2.45) is 5.14 Å². The molecule has 114 valence electrons. The highest BCUT2D eigenvalue weighted by Crippen LogP contribution is 2.28. The van der Waals surface area contributed by atoms with Gasteiger partial charge in [0.25, 0.3) is 0 Å². The summed E-state index contributed by atoms with van der Waals surface area (Å²) >= 11 is 0. The quantitative estimate of drug-likeness (QED) is 0.655. The maximum atomic E-state index is 11.5. The van der Waals surface area contributed by atoms with Crippen LogP contribution in [0.5, 0.6) is 0 Å². The molecule has 0 aliphatic heterocycles. The summed E-state index contributed by atoms with van der Waals surface area (Å²) in [4.78, 5) is 1.83. The molecule has 1 rings (SSSR count). The predicted molar refractivity (Wildman–Crippen MR) is 78.2 cm³/mol. The second kappa shape index (κ2) is 7.44. The lowest BCUT2D eigenvalue weighted by molar-refractivity contribution is 0.190. The van der Waals surface area contributed by atoms with Crippen molar-refractivity contribution in [1.29, 1.82) is 0 Å². The summed E-state index contributed by atoms with van der Waals surface area (Å²) in [5.74, 6) is 0. The van der Waals surface area contributed by atoms with Crippen molar-refractivity contribution in [3.63, 3.8) is 0 Å². The predicted octanol–water partition coefficient (Wildman–Crippen LogP) is 0.0154. The molecule has 4 N–H and O–H groups in total. The first-order chi connectivity index (χ1) is 9.41. The SMILES string of the molecule is COCCN(CCOC)c1cccc(S(N)(=O)=O)c1N. The number of para-hydroxylation sites is 1. The van der Waals surface area contributed by atoms with Gasteiger partial charge in [0.1, 0.15) is 4.90 Å². The first-order valence-electron chi connectivity index (χ1n) is 6.06. The molecular formula is C12H21N3O4S. The van der Waals surface area contributed by atoms with Crippen LogP contribution in [-0.2, 0) is 19.5 Å². The number of nitrogens with zero attached hydrogens (tertiary/aromatic N) is 1. The van der Waals surface area contributed by atoms with Crippen LogP contribution in [0.25, 0.3) is 0 Å². The molecule has 1 aromatic rings. The van der Waals surface area contributed by atoms with Crippen LogP contribution in [0, 0.1) is 0 Å². The van der Waals surface area contributed by atoms with Crippen LogP contribution < -0.4 is 15.8 Å². The molecule has 0 aromatic heterocycles. The third kappa shape index (κ3) is 4.34. The Labute approximate surface area is 119 Å². The van der Waals surface area contributed by atoms with Gasteiger partial charge in [-0.15, -0.1) is 0 Å². The summed E-state index contributed by atoms with van der Waals surface area (Å²) in [6, 6.07) is 4.74. The van der Waals surface area contributed by atoms with Crippen LogP contribution in [0.3, 0.4) is 0 Å². The number of benzene rings is 1. The van der Waals surface area contributed by atoms with E-state index in [1.165, 1.54) is 6.07 Å². The highest BCUT2D eigenvalue weighted by molar-refractivity contribution is 7.89. The summed E-state index contributed by atoms with van der Waals surface area (Å²) < 4.78 is 33.1. The molecule has 0 radical (unpaired) electrons. The maximum absolute atomic E-state index is 11.5. The van der Waals surface area contributed by atoms with Gasteiger partial charge in [0.15, 0.2) is 0 Å². The molecule has 0 unspecified atom stereocenters. The number of nitrogens with two attached hydrogens (primary N) is 2. The van der Waals surface area contributed by atoms with E-state index in [0.717, 1.165) is 0 Å². The van der Waals surface area contributed by atoms with E-state index < -0.39 is 10.0 Å². The molecule has 8 heteroatoms. The monoisotopic (exact) mass is 303 g/mol. The minimum absolute atomic E-state index is 0.0742. The van der Waals surface area contributed by atoms with Crippen molar-refractivity contribution < 1.29 is 17.9 Å². The second-order valence-corrected chi connectivity index (χ2v) is 5.74. The lowest BCUT2D eigenvalue weighted by Crippen LogP contribution is -2.31. The number of ether oxygens (including phenoxy) is 2. The molecule has 20 heavy (non-hydrogen) atoms. The van der Waals surface area contributed by atoms with Gasteiger partial charge in [0.05, 0.1) is 24.6 Å². The molecule has 0 aliphatic rings. The lowest BCUT2D eigenvalue weighted by atomic mass is 10.2. The standard InChI is InChI=1S/C12H21N3O4S/c1-18-8-6-15(7-9-19-2)10-4-3-5-11(12(10)13)20(14,16)17/h3-5H,6-9,13H2,1-2H3,(H2,14,16,17). The molecule has 0 fully saturated rings. The Morgan fingerprint density at radius 2 is 1.70 bits per heavy atom. The number of methoxy groups -OCH3 is 2. The number of hydrogen-bond donors (Lipinski definition) is 2. The average molecular weight is 303 g/mol. The molecule has 7 nitrogen and oxygen atoms in total. The summed E-state index contributed by atoms with van der Waals surface area (Å²) in [7, 11) is -0.653. The second-order valence-electron chi connectivity index (χ2n) is 4.21. The first-order valence-corrected chi connectivity index (χ1v) is 7.60. The summed E-state index contributed by atoms with van der Waals surface area (Å²) in [5, 5.41) is 5.15. The van der Waals surface area contributed by atoms with E-state index in [1.807, 2.05) is 4.90 Å². The van der Waals surface area contributed by atoms with Crippen molar-refractivity contribution in [3.05, 3.63) is 18.2 Å². The summed E-state index contributed by atoms with van der Waals surface area (Å²) in [6.07, 6.45) is 0. The van der Waals surface area contributed by atoms with Gasteiger partial charge >= 0.3 is 0 Å². The molecular weight excluding hydrogens is 282 g/mol. The van der Waals surface area contributed by atoms with Crippen LogP contribution in [0.15, 0.2) is 23.1 Å². The van der Waals surface area contributed by atoms with Crippen LogP contribution in [-0.4, -0.2) is 48.9 Å². The van der Waals surface area contributed by atoms with Gasteiger partial charge < -0.3 is 20.1 Å². The number of anilines is 2. The van der Waals surface area contributed by atoms with E-state index in [0.29, 0.717) is 32.0 Å². The van der Waals surface area contributed by atoms with Gasteiger partial charge in [0, 0.05) is 27.3 Å². The van der Waals surface area contributed by atoms with E-state index in [1.54, 1.807) is 26.4 Å². The van der Waals surface area contributed by atoms with Gasteiger partial charge in [-0.05, 0) is 12.1 Å².